The Balaban J connectivity index is 4.27. The maximum absolute atomic E-state index is 11.1. The van der Waals surface area contributed by atoms with Crippen LogP contribution in [0.5, 0.6) is 0 Å². The van der Waals surface area contributed by atoms with E-state index in [0.29, 0.717) is 43.4 Å². The van der Waals surface area contributed by atoms with E-state index < -0.39 is 17.9 Å². The lowest BCUT2D eigenvalue weighted by Crippen LogP contribution is -2.51. The Labute approximate surface area is 232 Å². The molecule has 7 nitrogen and oxygen atoms in total. The SMILES string of the molecule is CCCCCCCCCC/C=C/CCCCCCC[N+](CCCC(=O)O)(CCCC(=O)O)CCCC(=O)O. The molecule has 0 bridgehead atoms. The van der Waals surface area contributed by atoms with Gasteiger partial charge in [-0.05, 0) is 38.5 Å². The van der Waals surface area contributed by atoms with E-state index in [1.807, 2.05) is 0 Å². The van der Waals surface area contributed by atoms with Crippen molar-refractivity contribution in [3.8, 4) is 0 Å². The number of carboxylic acids is 3. The molecule has 0 radical (unpaired) electrons. The Hall–Kier alpha value is -1.89. The summed E-state index contributed by atoms with van der Waals surface area (Å²) in [6.07, 6.45) is 25.4. The first-order chi connectivity index (χ1) is 18.3. The lowest BCUT2D eigenvalue weighted by Gasteiger charge is -2.39. The average Bonchev–Trinajstić information content (AvgIpc) is 2.85. The minimum atomic E-state index is -0.828. The van der Waals surface area contributed by atoms with Crippen LogP contribution in [0, 0.1) is 0 Å². The van der Waals surface area contributed by atoms with Crippen LogP contribution >= 0.6 is 0 Å². The van der Waals surface area contributed by atoms with Crippen molar-refractivity contribution >= 4 is 17.9 Å². The second-order valence-electron chi connectivity index (χ2n) is 11.0. The molecule has 0 aliphatic heterocycles. The summed E-state index contributed by atoms with van der Waals surface area (Å²) in [5.41, 5.74) is 0. The number of hydrogen-bond donors (Lipinski definition) is 3. The van der Waals surface area contributed by atoms with Gasteiger partial charge in [0.1, 0.15) is 0 Å². The van der Waals surface area contributed by atoms with Crippen LogP contribution < -0.4 is 0 Å². The number of nitrogens with zero attached hydrogens (tertiary/aromatic N) is 1. The number of quaternary nitrogens is 1. The Bertz CT molecular complexity index is 584. The fourth-order valence-corrected chi connectivity index (χ4v) is 5.24. The van der Waals surface area contributed by atoms with Gasteiger partial charge in [-0.15, -0.1) is 0 Å². The Morgan fingerprint density at radius 2 is 0.789 bits per heavy atom. The predicted octanol–water partition coefficient (Wildman–Crippen LogP) is 7.83. The van der Waals surface area contributed by atoms with Gasteiger partial charge in [0.15, 0.2) is 0 Å². The van der Waals surface area contributed by atoms with E-state index in [9.17, 15) is 14.4 Å². The van der Waals surface area contributed by atoms with Crippen molar-refractivity contribution < 1.29 is 34.2 Å². The highest BCUT2D eigenvalue weighted by atomic mass is 16.4. The van der Waals surface area contributed by atoms with Gasteiger partial charge in [-0.3, -0.25) is 14.4 Å². The molecule has 222 valence electrons. The molecule has 7 heteroatoms. The molecular formula is C31H58NO6+. The van der Waals surface area contributed by atoms with Gasteiger partial charge >= 0.3 is 17.9 Å². The van der Waals surface area contributed by atoms with E-state index in [2.05, 4.69) is 19.1 Å². The van der Waals surface area contributed by atoms with Crippen molar-refractivity contribution in [2.45, 2.75) is 142 Å². The van der Waals surface area contributed by atoms with Crippen molar-refractivity contribution in [1.82, 2.24) is 0 Å². The maximum Gasteiger partial charge on any atom is 0.303 e. The molecule has 0 aromatic carbocycles. The largest absolute Gasteiger partial charge is 0.481 e. The van der Waals surface area contributed by atoms with E-state index in [-0.39, 0.29) is 19.3 Å². The number of allylic oxidation sites excluding steroid dienone is 2. The lowest BCUT2D eigenvalue weighted by atomic mass is 10.1. The molecule has 3 N–H and O–H groups in total. The zero-order valence-electron chi connectivity index (χ0n) is 24.3. The molecule has 0 spiro atoms. The summed E-state index contributed by atoms with van der Waals surface area (Å²) in [4.78, 5) is 33.2. The summed E-state index contributed by atoms with van der Waals surface area (Å²) >= 11 is 0. The van der Waals surface area contributed by atoms with Crippen molar-refractivity contribution in [3.63, 3.8) is 0 Å². The Morgan fingerprint density at radius 3 is 1.16 bits per heavy atom. The number of carbonyl (C=O) groups is 3. The van der Waals surface area contributed by atoms with Crippen LogP contribution in [0.2, 0.25) is 0 Å². The van der Waals surface area contributed by atoms with Gasteiger partial charge in [-0.1, -0.05) is 76.9 Å². The van der Waals surface area contributed by atoms with Crippen LogP contribution in [0.15, 0.2) is 12.2 Å². The Morgan fingerprint density at radius 1 is 0.474 bits per heavy atom. The first kappa shape index (κ1) is 36.1. The minimum Gasteiger partial charge on any atom is -0.481 e. The average molecular weight is 541 g/mol. The minimum absolute atomic E-state index is 0.0877. The van der Waals surface area contributed by atoms with Crippen LogP contribution in [0.4, 0.5) is 0 Å². The van der Waals surface area contributed by atoms with Gasteiger partial charge < -0.3 is 19.8 Å². The monoisotopic (exact) mass is 540 g/mol. The molecule has 0 saturated carbocycles. The fraction of sp³-hybridized carbons (Fsp3) is 0.839. The topological polar surface area (TPSA) is 112 Å². The zero-order valence-corrected chi connectivity index (χ0v) is 24.3. The summed E-state index contributed by atoms with van der Waals surface area (Å²) in [6, 6.07) is 0. The molecule has 0 heterocycles. The zero-order chi connectivity index (χ0) is 28.3. The van der Waals surface area contributed by atoms with Gasteiger partial charge in [0, 0.05) is 19.3 Å². The van der Waals surface area contributed by atoms with Crippen molar-refractivity contribution in [1.29, 1.82) is 0 Å². The first-order valence-corrected chi connectivity index (χ1v) is 15.5. The summed E-state index contributed by atoms with van der Waals surface area (Å²) in [5, 5.41) is 27.2. The van der Waals surface area contributed by atoms with Crippen LogP contribution in [0.3, 0.4) is 0 Å². The number of carboxylic acid groups (broad SMARTS) is 3. The molecule has 0 aromatic heterocycles. The normalized spacial score (nSPS) is 11.8. The predicted molar refractivity (Wildman–Crippen MR) is 154 cm³/mol. The maximum atomic E-state index is 11.1. The van der Waals surface area contributed by atoms with Gasteiger partial charge in [-0.2, -0.15) is 0 Å². The molecule has 0 amide bonds. The molecular weight excluding hydrogens is 482 g/mol. The molecule has 0 saturated heterocycles. The number of unbranched alkanes of at least 4 members (excludes halogenated alkanes) is 13. The standard InChI is InChI=1S/C31H57NO6/c1-2-3-4-5-6-7-8-9-10-11-12-13-14-15-16-17-18-25-32(26-19-22-29(33)34,27-20-23-30(35)36)28-21-24-31(37)38/h11-12H,2-10,13-28H2,1H3,(H2-,33,34,35,36,37,38)/p+1/b12-11+. The molecule has 0 atom stereocenters. The van der Waals surface area contributed by atoms with Crippen LogP contribution in [0.1, 0.15) is 142 Å². The molecule has 0 unspecified atom stereocenters. The van der Waals surface area contributed by atoms with Gasteiger partial charge in [-0.25, -0.2) is 0 Å². The van der Waals surface area contributed by atoms with Gasteiger partial charge in [0.25, 0.3) is 0 Å². The number of hydrogen-bond acceptors (Lipinski definition) is 3. The van der Waals surface area contributed by atoms with E-state index in [0.717, 1.165) is 32.2 Å². The molecule has 0 fully saturated rings. The highest BCUT2D eigenvalue weighted by Gasteiger charge is 2.27. The summed E-state index contributed by atoms with van der Waals surface area (Å²) in [5.74, 6) is -2.48. The van der Waals surface area contributed by atoms with Crippen LogP contribution in [-0.4, -0.2) is 63.9 Å². The molecule has 0 rings (SSSR count). The molecule has 0 aliphatic rings. The van der Waals surface area contributed by atoms with Crippen LogP contribution in [-0.2, 0) is 14.4 Å². The highest BCUT2D eigenvalue weighted by molar-refractivity contribution is 5.67. The smallest absolute Gasteiger partial charge is 0.303 e. The number of rotatable bonds is 29. The third-order valence-corrected chi connectivity index (χ3v) is 7.46. The van der Waals surface area contributed by atoms with Gasteiger partial charge in [0.2, 0.25) is 0 Å². The van der Waals surface area contributed by atoms with Crippen LogP contribution in [0.25, 0.3) is 0 Å². The third-order valence-electron chi connectivity index (χ3n) is 7.46. The quantitative estimate of drug-likeness (QED) is 0.0506. The lowest BCUT2D eigenvalue weighted by molar-refractivity contribution is -0.929. The Kier molecular flexibility index (Phi) is 24.1. The highest BCUT2D eigenvalue weighted by Crippen LogP contribution is 2.18. The summed E-state index contributed by atoms with van der Waals surface area (Å²) in [7, 11) is 0. The first-order valence-electron chi connectivity index (χ1n) is 15.5. The second-order valence-corrected chi connectivity index (χ2v) is 11.0. The summed E-state index contributed by atoms with van der Waals surface area (Å²) < 4.78 is 0.634. The van der Waals surface area contributed by atoms with E-state index >= 15 is 0 Å². The molecule has 0 aliphatic carbocycles. The van der Waals surface area contributed by atoms with E-state index in [4.69, 9.17) is 15.3 Å². The van der Waals surface area contributed by atoms with Crippen molar-refractivity contribution in [2.24, 2.45) is 0 Å². The molecule has 0 aromatic rings. The van der Waals surface area contributed by atoms with Crippen molar-refractivity contribution in [2.75, 3.05) is 26.2 Å². The van der Waals surface area contributed by atoms with E-state index in [1.165, 1.54) is 70.6 Å². The van der Waals surface area contributed by atoms with Gasteiger partial charge in [0.05, 0.1) is 45.4 Å². The third kappa shape index (κ3) is 24.4. The molecule has 38 heavy (non-hydrogen) atoms. The fourth-order valence-electron chi connectivity index (χ4n) is 5.24. The van der Waals surface area contributed by atoms with Crippen molar-refractivity contribution in [3.05, 3.63) is 12.2 Å². The summed E-state index contributed by atoms with van der Waals surface area (Å²) in [6.45, 7) is 5.10. The number of aliphatic carboxylic acids is 3. The van der Waals surface area contributed by atoms with E-state index in [1.54, 1.807) is 0 Å². The second kappa shape index (κ2) is 25.4.